The highest BCUT2D eigenvalue weighted by molar-refractivity contribution is 9.10. The lowest BCUT2D eigenvalue weighted by atomic mass is 10.2. The van der Waals surface area contributed by atoms with E-state index in [1.54, 1.807) is 6.07 Å². The summed E-state index contributed by atoms with van der Waals surface area (Å²) in [6, 6.07) is 11.0. The quantitative estimate of drug-likeness (QED) is 0.840. The maximum Gasteiger partial charge on any atom is 0.356 e. The van der Waals surface area contributed by atoms with E-state index >= 15 is 0 Å². The van der Waals surface area contributed by atoms with Crippen molar-refractivity contribution in [1.82, 2.24) is 4.98 Å². The number of halogens is 1. The fraction of sp³-hybridized carbons (Fsp3) is 0.143. The van der Waals surface area contributed by atoms with Crippen molar-refractivity contribution < 1.29 is 9.53 Å². The van der Waals surface area contributed by atoms with Gasteiger partial charge in [-0.15, -0.1) is 0 Å². The topological polar surface area (TPSA) is 77.2 Å². The van der Waals surface area contributed by atoms with E-state index in [4.69, 9.17) is 5.73 Å². The van der Waals surface area contributed by atoms with Gasteiger partial charge in [0, 0.05) is 11.0 Å². The Labute approximate surface area is 125 Å². The average Bonchev–Trinajstić information content (AvgIpc) is 2.47. The van der Waals surface area contributed by atoms with Crippen molar-refractivity contribution in [3.8, 4) is 0 Å². The molecular formula is C14H14BrN3O2. The number of anilines is 2. The Hall–Kier alpha value is -2.08. The van der Waals surface area contributed by atoms with Gasteiger partial charge < -0.3 is 15.8 Å². The lowest BCUT2D eigenvalue weighted by molar-refractivity contribution is 0.0594. The molecule has 6 heteroatoms. The molecule has 0 radical (unpaired) electrons. The highest BCUT2D eigenvalue weighted by Crippen LogP contribution is 2.18. The Balaban J connectivity index is 2.12. The van der Waals surface area contributed by atoms with Gasteiger partial charge in [-0.1, -0.05) is 28.1 Å². The molecule has 104 valence electrons. The second-order valence-electron chi connectivity index (χ2n) is 4.11. The Bertz CT molecular complexity index is 614. The van der Waals surface area contributed by atoms with E-state index in [0.29, 0.717) is 18.1 Å². The number of hydrogen-bond donors (Lipinski definition) is 2. The first-order chi connectivity index (χ1) is 9.60. The smallest absolute Gasteiger partial charge is 0.356 e. The molecule has 5 nitrogen and oxygen atoms in total. The summed E-state index contributed by atoms with van der Waals surface area (Å²) in [5.41, 5.74) is 7.62. The summed E-state index contributed by atoms with van der Waals surface area (Å²) in [4.78, 5) is 15.6. The van der Waals surface area contributed by atoms with E-state index in [1.807, 2.05) is 24.3 Å². The number of ether oxygens (including phenoxy) is 1. The third kappa shape index (κ3) is 3.48. The maximum atomic E-state index is 11.4. The van der Waals surface area contributed by atoms with Gasteiger partial charge in [-0.25, -0.2) is 9.78 Å². The standard InChI is InChI=1S/C14H14BrN3O2/c1-20-14(19)12-7-6-11(16)13(18-12)17-8-9-2-4-10(15)5-3-9/h2-7H,8,16H2,1H3,(H,17,18). The second kappa shape index (κ2) is 6.38. The molecule has 0 atom stereocenters. The van der Waals surface area contributed by atoms with Crippen LogP contribution in [0.3, 0.4) is 0 Å². The van der Waals surface area contributed by atoms with Crippen LogP contribution in [-0.4, -0.2) is 18.1 Å². The Morgan fingerprint density at radius 1 is 1.30 bits per heavy atom. The van der Waals surface area contributed by atoms with Crippen LogP contribution in [0, 0.1) is 0 Å². The number of benzene rings is 1. The molecule has 0 aliphatic heterocycles. The van der Waals surface area contributed by atoms with Crippen molar-refractivity contribution in [2.24, 2.45) is 0 Å². The molecule has 1 aromatic heterocycles. The van der Waals surface area contributed by atoms with Gasteiger partial charge >= 0.3 is 5.97 Å². The zero-order chi connectivity index (χ0) is 14.5. The van der Waals surface area contributed by atoms with Crippen LogP contribution >= 0.6 is 15.9 Å². The lowest BCUT2D eigenvalue weighted by Gasteiger charge is -2.09. The fourth-order valence-electron chi connectivity index (χ4n) is 1.62. The molecule has 0 aliphatic rings. The van der Waals surface area contributed by atoms with Crippen LogP contribution in [0.4, 0.5) is 11.5 Å². The molecule has 20 heavy (non-hydrogen) atoms. The van der Waals surface area contributed by atoms with Gasteiger partial charge in [-0.05, 0) is 29.8 Å². The molecule has 0 saturated heterocycles. The monoisotopic (exact) mass is 335 g/mol. The summed E-state index contributed by atoms with van der Waals surface area (Å²) in [6.07, 6.45) is 0. The highest BCUT2D eigenvalue weighted by atomic mass is 79.9. The van der Waals surface area contributed by atoms with Crippen LogP contribution in [0.5, 0.6) is 0 Å². The minimum atomic E-state index is -0.489. The number of esters is 1. The minimum Gasteiger partial charge on any atom is -0.464 e. The van der Waals surface area contributed by atoms with E-state index in [9.17, 15) is 4.79 Å². The minimum absolute atomic E-state index is 0.222. The molecule has 0 spiro atoms. The normalized spacial score (nSPS) is 10.1. The average molecular weight is 336 g/mol. The molecule has 1 heterocycles. The van der Waals surface area contributed by atoms with Crippen molar-refractivity contribution in [2.45, 2.75) is 6.54 Å². The van der Waals surface area contributed by atoms with Crippen LogP contribution in [0.2, 0.25) is 0 Å². The molecular weight excluding hydrogens is 322 g/mol. The Morgan fingerprint density at radius 2 is 2.00 bits per heavy atom. The van der Waals surface area contributed by atoms with E-state index in [0.717, 1.165) is 10.0 Å². The number of nitrogens with one attached hydrogen (secondary N) is 1. The van der Waals surface area contributed by atoms with Gasteiger partial charge in [0.1, 0.15) is 5.82 Å². The summed E-state index contributed by atoms with van der Waals surface area (Å²) < 4.78 is 5.65. The fourth-order valence-corrected chi connectivity index (χ4v) is 1.88. The van der Waals surface area contributed by atoms with E-state index in [1.165, 1.54) is 13.2 Å². The van der Waals surface area contributed by atoms with Crippen LogP contribution in [0.25, 0.3) is 0 Å². The summed E-state index contributed by atoms with van der Waals surface area (Å²) in [5.74, 6) is -0.0208. The van der Waals surface area contributed by atoms with E-state index in [-0.39, 0.29) is 5.69 Å². The molecule has 0 bridgehead atoms. The maximum absolute atomic E-state index is 11.4. The predicted molar refractivity (Wildman–Crippen MR) is 81.5 cm³/mol. The first kappa shape index (κ1) is 14.3. The van der Waals surface area contributed by atoms with Crippen LogP contribution < -0.4 is 11.1 Å². The molecule has 2 rings (SSSR count). The van der Waals surface area contributed by atoms with Crippen LogP contribution in [-0.2, 0) is 11.3 Å². The Morgan fingerprint density at radius 3 is 2.65 bits per heavy atom. The predicted octanol–water partition coefficient (Wildman–Crippen LogP) is 2.83. The summed E-state index contributed by atoms with van der Waals surface area (Å²) in [7, 11) is 1.31. The van der Waals surface area contributed by atoms with Crippen molar-refractivity contribution in [3.63, 3.8) is 0 Å². The Kier molecular flexibility index (Phi) is 4.57. The number of aromatic nitrogens is 1. The first-order valence-corrected chi connectivity index (χ1v) is 6.72. The SMILES string of the molecule is COC(=O)c1ccc(N)c(NCc2ccc(Br)cc2)n1. The van der Waals surface area contributed by atoms with Crippen molar-refractivity contribution in [1.29, 1.82) is 0 Å². The molecule has 0 saturated carbocycles. The number of methoxy groups -OCH3 is 1. The first-order valence-electron chi connectivity index (χ1n) is 5.93. The van der Waals surface area contributed by atoms with Crippen molar-refractivity contribution >= 4 is 33.4 Å². The van der Waals surface area contributed by atoms with Gasteiger partial charge in [-0.3, -0.25) is 0 Å². The molecule has 0 fully saturated rings. The van der Waals surface area contributed by atoms with Gasteiger partial charge in [0.15, 0.2) is 5.69 Å². The zero-order valence-corrected chi connectivity index (χ0v) is 12.5. The summed E-state index contributed by atoms with van der Waals surface area (Å²) in [6.45, 7) is 0.565. The number of nitrogens with zero attached hydrogens (tertiary/aromatic N) is 1. The number of nitrogen functional groups attached to an aromatic ring is 1. The molecule has 3 N–H and O–H groups in total. The highest BCUT2D eigenvalue weighted by Gasteiger charge is 2.10. The largest absolute Gasteiger partial charge is 0.464 e. The van der Waals surface area contributed by atoms with Crippen LogP contribution in [0.15, 0.2) is 40.9 Å². The molecule has 0 unspecified atom stereocenters. The lowest BCUT2D eigenvalue weighted by Crippen LogP contribution is -2.10. The van der Waals surface area contributed by atoms with E-state index < -0.39 is 5.97 Å². The summed E-state index contributed by atoms with van der Waals surface area (Å²) >= 11 is 3.38. The number of nitrogens with two attached hydrogens (primary N) is 1. The molecule has 1 aromatic carbocycles. The van der Waals surface area contributed by atoms with Crippen molar-refractivity contribution in [3.05, 3.63) is 52.1 Å². The van der Waals surface area contributed by atoms with Gasteiger partial charge in [-0.2, -0.15) is 0 Å². The molecule has 0 aliphatic carbocycles. The molecule has 2 aromatic rings. The van der Waals surface area contributed by atoms with Crippen molar-refractivity contribution in [2.75, 3.05) is 18.2 Å². The third-order valence-electron chi connectivity index (χ3n) is 2.69. The van der Waals surface area contributed by atoms with Gasteiger partial charge in [0.25, 0.3) is 0 Å². The number of rotatable bonds is 4. The molecule has 0 amide bonds. The second-order valence-corrected chi connectivity index (χ2v) is 5.02. The zero-order valence-electron chi connectivity index (χ0n) is 10.9. The number of hydrogen-bond acceptors (Lipinski definition) is 5. The van der Waals surface area contributed by atoms with Gasteiger partial charge in [0.05, 0.1) is 12.8 Å². The third-order valence-corrected chi connectivity index (χ3v) is 3.22. The number of pyridine rings is 1. The number of carbonyl (C=O) groups excluding carboxylic acids is 1. The van der Waals surface area contributed by atoms with E-state index in [2.05, 4.69) is 31.0 Å². The van der Waals surface area contributed by atoms with Gasteiger partial charge in [0.2, 0.25) is 0 Å². The van der Waals surface area contributed by atoms with Crippen LogP contribution in [0.1, 0.15) is 16.1 Å². The summed E-state index contributed by atoms with van der Waals surface area (Å²) in [5, 5.41) is 3.11. The number of carbonyl (C=O) groups is 1.